The number of hydrogen-bond acceptors (Lipinski definition) is 5. The second-order valence-electron chi connectivity index (χ2n) is 6.23. The van der Waals surface area contributed by atoms with Gasteiger partial charge in [-0.1, -0.05) is 6.07 Å². The number of aliphatic hydroxyl groups excluding tert-OH is 1. The number of β-amino-alcohol motifs (C(OH)–C–C–N with tert-alkyl or cyclic N) is 1. The maximum atomic E-state index is 12.3. The highest BCUT2D eigenvalue weighted by Gasteiger charge is 2.35. The Labute approximate surface area is 150 Å². The van der Waals surface area contributed by atoms with Gasteiger partial charge in [0.25, 0.3) is 0 Å². The maximum Gasteiger partial charge on any atom is 0.335 e. The molecule has 0 unspecified atom stereocenters. The first-order valence-electron chi connectivity index (χ1n) is 8.46. The molecule has 26 heavy (non-hydrogen) atoms. The highest BCUT2D eigenvalue weighted by molar-refractivity contribution is 5.88. The number of likely N-dealkylation sites (tertiary alicyclic amines) is 1. The number of rotatable bonds is 7. The summed E-state index contributed by atoms with van der Waals surface area (Å²) in [6, 6.07) is 7.92. The van der Waals surface area contributed by atoms with Crippen molar-refractivity contribution in [2.45, 2.75) is 31.6 Å². The molecule has 2 N–H and O–H groups in total. The van der Waals surface area contributed by atoms with Crippen LogP contribution in [0.15, 0.2) is 42.7 Å². The zero-order valence-electron chi connectivity index (χ0n) is 14.2. The van der Waals surface area contributed by atoms with E-state index in [1.54, 1.807) is 27.9 Å². The number of aliphatic hydroxyl groups is 1. The molecule has 0 aliphatic carbocycles. The molecule has 3 rings (SSSR count). The summed E-state index contributed by atoms with van der Waals surface area (Å²) in [5, 5.41) is 23.3. The van der Waals surface area contributed by atoms with Gasteiger partial charge in [-0.3, -0.25) is 9.48 Å². The zero-order chi connectivity index (χ0) is 18.5. The van der Waals surface area contributed by atoms with E-state index in [0.717, 1.165) is 0 Å². The van der Waals surface area contributed by atoms with E-state index in [1.165, 1.54) is 12.1 Å². The first kappa shape index (κ1) is 17.9. The van der Waals surface area contributed by atoms with Crippen LogP contribution < -0.4 is 4.74 Å². The summed E-state index contributed by atoms with van der Waals surface area (Å²) in [5.74, 6) is -0.722. The summed E-state index contributed by atoms with van der Waals surface area (Å²) >= 11 is 0. The number of aromatic nitrogens is 2. The van der Waals surface area contributed by atoms with E-state index in [-0.39, 0.29) is 24.6 Å². The number of aromatic carboxylic acids is 1. The van der Waals surface area contributed by atoms with E-state index in [4.69, 9.17) is 9.84 Å². The van der Waals surface area contributed by atoms with Crippen LogP contribution in [0.4, 0.5) is 0 Å². The molecule has 0 radical (unpaired) electrons. The summed E-state index contributed by atoms with van der Waals surface area (Å²) in [4.78, 5) is 24.9. The normalized spacial score (nSPS) is 19.5. The minimum Gasteiger partial charge on any atom is -0.486 e. The van der Waals surface area contributed by atoms with Crippen molar-refractivity contribution in [1.29, 1.82) is 0 Å². The van der Waals surface area contributed by atoms with Crippen molar-refractivity contribution in [1.82, 2.24) is 14.7 Å². The van der Waals surface area contributed by atoms with Crippen molar-refractivity contribution in [2.24, 2.45) is 0 Å². The molecule has 0 spiro atoms. The lowest BCUT2D eigenvalue weighted by Gasteiger charge is -2.17. The first-order valence-corrected chi connectivity index (χ1v) is 8.46. The maximum absolute atomic E-state index is 12.3. The topological polar surface area (TPSA) is 105 Å². The average molecular weight is 359 g/mol. The number of nitrogens with zero attached hydrogens (tertiary/aromatic N) is 3. The Balaban J connectivity index is 1.51. The molecule has 1 saturated heterocycles. The Kier molecular flexibility index (Phi) is 5.52. The van der Waals surface area contributed by atoms with Crippen LogP contribution in [0, 0.1) is 0 Å². The van der Waals surface area contributed by atoms with Gasteiger partial charge in [-0.05, 0) is 30.7 Å². The van der Waals surface area contributed by atoms with Gasteiger partial charge < -0.3 is 19.8 Å². The quantitative estimate of drug-likeness (QED) is 0.764. The largest absolute Gasteiger partial charge is 0.486 e. The lowest BCUT2D eigenvalue weighted by atomic mass is 10.2. The van der Waals surface area contributed by atoms with E-state index in [0.29, 0.717) is 25.1 Å². The molecule has 0 bridgehead atoms. The Morgan fingerprint density at radius 3 is 2.85 bits per heavy atom. The van der Waals surface area contributed by atoms with Gasteiger partial charge in [0.15, 0.2) is 0 Å². The van der Waals surface area contributed by atoms with E-state index in [2.05, 4.69) is 5.10 Å². The van der Waals surface area contributed by atoms with Gasteiger partial charge in [0.05, 0.1) is 18.7 Å². The molecule has 1 aliphatic heterocycles. The third kappa shape index (κ3) is 4.40. The van der Waals surface area contributed by atoms with Crippen LogP contribution in [-0.4, -0.2) is 62.1 Å². The molecule has 138 valence electrons. The van der Waals surface area contributed by atoms with Crippen LogP contribution in [0.1, 0.15) is 23.2 Å². The Bertz CT molecular complexity index is 762. The van der Waals surface area contributed by atoms with Crippen molar-refractivity contribution in [3.8, 4) is 5.75 Å². The lowest BCUT2D eigenvalue weighted by molar-refractivity contribution is -0.130. The van der Waals surface area contributed by atoms with Gasteiger partial charge in [-0.15, -0.1) is 0 Å². The molecule has 8 heteroatoms. The van der Waals surface area contributed by atoms with Crippen LogP contribution in [0.3, 0.4) is 0 Å². The number of amides is 1. The molecule has 1 aliphatic rings. The fourth-order valence-corrected chi connectivity index (χ4v) is 2.94. The van der Waals surface area contributed by atoms with Crippen molar-refractivity contribution in [3.05, 3.63) is 48.3 Å². The molecule has 2 aromatic rings. The van der Waals surface area contributed by atoms with Crippen LogP contribution in [-0.2, 0) is 11.3 Å². The van der Waals surface area contributed by atoms with Crippen molar-refractivity contribution in [3.63, 3.8) is 0 Å². The monoisotopic (exact) mass is 359 g/mol. The third-order valence-corrected chi connectivity index (χ3v) is 4.30. The first-order chi connectivity index (χ1) is 12.5. The molecule has 1 amide bonds. The summed E-state index contributed by atoms with van der Waals surface area (Å²) in [7, 11) is 0. The molecule has 1 fully saturated rings. The summed E-state index contributed by atoms with van der Waals surface area (Å²) in [6.45, 7) is 1.15. The van der Waals surface area contributed by atoms with E-state index < -0.39 is 18.2 Å². The number of ether oxygens (including phenoxy) is 1. The van der Waals surface area contributed by atoms with Crippen molar-refractivity contribution >= 4 is 11.9 Å². The predicted octanol–water partition coefficient (Wildman–Crippen LogP) is 1.01. The Hall–Kier alpha value is -2.87. The number of aryl methyl sites for hydroxylation is 1. The number of carbonyl (C=O) groups is 2. The van der Waals surface area contributed by atoms with Crippen molar-refractivity contribution in [2.75, 3.05) is 13.1 Å². The van der Waals surface area contributed by atoms with Gasteiger partial charge in [-0.25, -0.2) is 4.79 Å². The fraction of sp³-hybridized carbons (Fsp3) is 0.389. The van der Waals surface area contributed by atoms with Crippen LogP contribution >= 0.6 is 0 Å². The molecule has 2 heterocycles. The van der Waals surface area contributed by atoms with Gasteiger partial charge in [0.2, 0.25) is 5.91 Å². The summed E-state index contributed by atoms with van der Waals surface area (Å²) < 4.78 is 7.47. The number of hydrogen-bond donors (Lipinski definition) is 2. The molecule has 0 saturated carbocycles. The number of carboxylic acid groups (broad SMARTS) is 1. The number of carbonyl (C=O) groups excluding carboxylic acids is 1. The number of benzene rings is 1. The van der Waals surface area contributed by atoms with Gasteiger partial charge in [0.1, 0.15) is 18.0 Å². The van der Waals surface area contributed by atoms with E-state index in [9.17, 15) is 14.7 Å². The molecule has 2 atom stereocenters. The second-order valence-corrected chi connectivity index (χ2v) is 6.23. The number of carboxylic acids is 1. The average Bonchev–Trinajstić information content (AvgIpc) is 3.25. The van der Waals surface area contributed by atoms with Crippen LogP contribution in [0.2, 0.25) is 0 Å². The van der Waals surface area contributed by atoms with E-state index >= 15 is 0 Å². The van der Waals surface area contributed by atoms with Gasteiger partial charge >= 0.3 is 5.97 Å². The van der Waals surface area contributed by atoms with Crippen LogP contribution in [0.25, 0.3) is 0 Å². The van der Waals surface area contributed by atoms with Gasteiger partial charge in [-0.2, -0.15) is 5.10 Å². The molecule has 1 aromatic carbocycles. The van der Waals surface area contributed by atoms with E-state index in [1.807, 2.05) is 12.3 Å². The smallest absolute Gasteiger partial charge is 0.335 e. The summed E-state index contributed by atoms with van der Waals surface area (Å²) in [6.07, 6.45) is 3.19. The highest BCUT2D eigenvalue weighted by atomic mass is 16.5. The third-order valence-electron chi connectivity index (χ3n) is 4.30. The molecule has 1 aromatic heterocycles. The SMILES string of the molecule is O=C(O)c1cccc(O[C@@H]2CN(C(=O)CCCn3cccn3)C[C@H]2O)c1. The molecule has 8 nitrogen and oxygen atoms in total. The second kappa shape index (κ2) is 8.01. The fourth-order valence-electron chi connectivity index (χ4n) is 2.94. The molecular weight excluding hydrogens is 338 g/mol. The zero-order valence-corrected chi connectivity index (χ0v) is 14.2. The minimum absolute atomic E-state index is 0.0402. The summed E-state index contributed by atoms with van der Waals surface area (Å²) in [5.41, 5.74) is 0.113. The van der Waals surface area contributed by atoms with Crippen molar-refractivity contribution < 1.29 is 24.5 Å². The van der Waals surface area contributed by atoms with Gasteiger partial charge in [0, 0.05) is 25.4 Å². The highest BCUT2D eigenvalue weighted by Crippen LogP contribution is 2.21. The minimum atomic E-state index is -1.04. The van der Waals surface area contributed by atoms with Crippen LogP contribution in [0.5, 0.6) is 5.75 Å². The Morgan fingerprint density at radius 1 is 1.27 bits per heavy atom. The standard InChI is InChI=1S/C18H21N3O5/c22-15-11-20(17(23)6-2-8-21-9-3-7-19-21)12-16(15)26-14-5-1-4-13(10-14)18(24)25/h1,3-5,7,9-10,15-16,22H,2,6,8,11-12H2,(H,24,25)/t15-,16-/m1/s1. The predicted molar refractivity (Wildman–Crippen MR) is 91.9 cm³/mol. The lowest BCUT2D eigenvalue weighted by Crippen LogP contribution is -2.31. The Morgan fingerprint density at radius 2 is 2.12 bits per heavy atom. The molecular formula is C18H21N3O5.